The lowest BCUT2D eigenvalue weighted by Crippen LogP contribution is -2.39. The van der Waals surface area contributed by atoms with Crippen LogP contribution in [0.5, 0.6) is 0 Å². The predicted octanol–water partition coefficient (Wildman–Crippen LogP) is 2.89. The Morgan fingerprint density at radius 1 is 1.22 bits per heavy atom. The number of nitrogens with one attached hydrogen (secondary N) is 2. The first-order chi connectivity index (χ1) is 13.2. The molecule has 2 aromatic rings. The minimum Gasteiger partial charge on any atom is -0.396 e. The Morgan fingerprint density at radius 3 is 2.67 bits per heavy atom. The standard InChI is InChI=1S/C21H21N5O/c1-15-14-24-21(25-18(10-12-27)16-7-3-2-4-8-16)26-20(15)17(13-22)19-9-5-6-11-23-19/h2-9,11,14,18,27H,10,12H2,1H3,(H2,24,25,26)/b20-17+. The molecule has 0 fully saturated rings. The average Bonchev–Trinajstić information content (AvgIpc) is 2.72. The van der Waals surface area contributed by atoms with Crippen LogP contribution < -0.4 is 10.6 Å². The molecule has 0 bridgehead atoms. The molecular weight excluding hydrogens is 338 g/mol. The molecule has 0 saturated heterocycles. The first-order valence-corrected chi connectivity index (χ1v) is 8.73. The summed E-state index contributed by atoms with van der Waals surface area (Å²) in [6.07, 6.45) is 3.98. The molecule has 2 heterocycles. The molecule has 27 heavy (non-hydrogen) atoms. The van der Waals surface area contributed by atoms with Gasteiger partial charge in [0.05, 0.1) is 17.4 Å². The third-order valence-electron chi connectivity index (χ3n) is 4.22. The summed E-state index contributed by atoms with van der Waals surface area (Å²) in [5.74, 6) is 0.529. The summed E-state index contributed by atoms with van der Waals surface area (Å²) < 4.78 is 0. The van der Waals surface area contributed by atoms with Gasteiger partial charge >= 0.3 is 0 Å². The first-order valence-electron chi connectivity index (χ1n) is 8.73. The number of aliphatic hydroxyl groups excluding tert-OH is 1. The molecule has 1 aliphatic heterocycles. The van der Waals surface area contributed by atoms with Crippen molar-refractivity contribution in [2.45, 2.75) is 19.4 Å². The summed E-state index contributed by atoms with van der Waals surface area (Å²) in [4.78, 5) is 9.00. The van der Waals surface area contributed by atoms with E-state index in [0.717, 1.165) is 11.1 Å². The number of aromatic nitrogens is 1. The van der Waals surface area contributed by atoms with Crippen molar-refractivity contribution < 1.29 is 5.11 Å². The zero-order valence-electron chi connectivity index (χ0n) is 15.1. The van der Waals surface area contributed by atoms with E-state index in [9.17, 15) is 10.4 Å². The number of benzene rings is 1. The Labute approximate surface area is 158 Å². The van der Waals surface area contributed by atoms with Crippen LogP contribution in [0.2, 0.25) is 0 Å². The number of allylic oxidation sites excluding steroid dienone is 2. The Bertz CT molecular complexity index is 911. The van der Waals surface area contributed by atoms with Crippen molar-refractivity contribution in [3.63, 3.8) is 0 Å². The largest absolute Gasteiger partial charge is 0.396 e. The molecule has 6 heteroatoms. The monoisotopic (exact) mass is 359 g/mol. The molecule has 1 atom stereocenters. The SMILES string of the molecule is CC1=CNC(=NC(CCO)c2ccccc2)N/C1=C(\C#N)c1ccccn1. The highest BCUT2D eigenvalue weighted by molar-refractivity contribution is 5.91. The highest BCUT2D eigenvalue weighted by atomic mass is 16.3. The van der Waals surface area contributed by atoms with Crippen LogP contribution in [0.15, 0.2) is 77.2 Å². The Morgan fingerprint density at radius 2 is 2.00 bits per heavy atom. The van der Waals surface area contributed by atoms with E-state index < -0.39 is 0 Å². The van der Waals surface area contributed by atoms with Crippen LogP contribution in [-0.2, 0) is 0 Å². The van der Waals surface area contributed by atoms with Crippen molar-refractivity contribution in [2.24, 2.45) is 4.99 Å². The molecule has 1 aliphatic rings. The molecule has 136 valence electrons. The van der Waals surface area contributed by atoms with Gasteiger partial charge in [-0.3, -0.25) is 4.98 Å². The molecule has 0 spiro atoms. The molecule has 0 aliphatic carbocycles. The van der Waals surface area contributed by atoms with Gasteiger partial charge in [0.15, 0.2) is 0 Å². The molecule has 1 unspecified atom stereocenters. The van der Waals surface area contributed by atoms with E-state index in [1.165, 1.54) is 0 Å². The lowest BCUT2D eigenvalue weighted by Gasteiger charge is -2.23. The summed E-state index contributed by atoms with van der Waals surface area (Å²) in [6, 6.07) is 17.3. The lowest BCUT2D eigenvalue weighted by molar-refractivity contribution is 0.277. The fourth-order valence-corrected chi connectivity index (χ4v) is 2.84. The normalized spacial score (nSPS) is 18.0. The predicted molar refractivity (Wildman–Crippen MR) is 105 cm³/mol. The maximum absolute atomic E-state index is 9.67. The minimum atomic E-state index is -0.195. The van der Waals surface area contributed by atoms with Crippen molar-refractivity contribution in [2.75, 3.05) is 6.61 Å². The zero-order chi connectivity index (χ0) is 19.1. The van der Waals surface area contributed by atoms with E-state index in [-0.39, 0.29) is 12.6 Å². The molecule has 0 saturated carbocycles. The summed E-state index contributed by atoms with van der Waals surface area (Å²) in [5, 5.41) is 25.4. The van der Waals surface area contributed by atoms with Gasteiger partial charge in [0.2, 0.25) is 5.96 Å². The third-order valence-corrected chi connectivity index (χ3v) is 4.22. The van der Waals surface area contributed by atoms with E-state index in [1.807, 2.05) is 55.6 Å². The smallest absolute Gasteiger partial charge is 0.200 e. The van der Waals surface area contributed by atoms with Crippen LogP contribution in [0.1, 0.15) is 30.6 Å². The number of hydrogen-bond acceptors (Lipinski definition) is 4. The second-order valence-corrected chi connectivity index (χ2v) is 6.09. The number of rotatable bonds is 5. The quantitative estimate of drug-likeness (QED) is 0.714. The molecule has 1 aromatic carbocycles. The van der Waals surface area contributed by atoms with Crippen molar-refractivity contribution >= 4 is 11.5 Å². The second kappa shape index (κ2) is 8.79. The number of guanidine groups is 1. The topological polar surface area (TPSA) is 93.3 Å². The number of nitriles is 1. The highest BCUT2D eigenvalue weighted by Gasteiger charge is 2.19. The van der Waals surface area contributed by atoms with Gasteiger partial charge in [0.1, 0.15) is 11.6 Å². The first kappa shape index (κ1) is 18.4. The van der Waals surface area contributed by atoms with Crippen LogP contribution in [0.3, 0.4) is 0 Å². The van der Waals surface area contributed by atoms with E-state index in [1.54, 1.807) is 12.3 Å². The number of nitrogens with zero attached hydrogens (tertiary/aromatic N) is 3. The average molecular weight is 359 g/mol. The summed E-state index contributed by atoms with van der Waals surface area (Å²) in [7, 11) is 0. The van der Waals surface area contributed by atoms with Gasteiger partial charge < -0.3 is 15.7 Å². The lowest BCUT2D eigenvalue weighted by atomic mass is 10.0. The van der Waals surface area contributed by atoms with Crippen LogP contribution in [0.4, 0.5) is 0 Å². The van der Waals surface area contributed by atoms with E-state index in [2.05, 4.69) is 21.7 Å². The van der Waals surface area contributed by atoms with Crippen molar-refractivity contribution in [3.8, 4) is 6.07 Å². The van der Waals surface area contributed by atoms with Gasteiger partial charge in [-0.2, -0.15) is 5.26 Å². The minimum absolute atomic E-state index is 0.0330. The summed E-state index contributed by atoms with van der Waals surface area (Å²) in [5.41, 5.74) is 3.63. The van der Waals surface area contributed by atoms with Crippen LogP contribution in [0, 0.1) is 11.3 Å². The fraction of sp³-hybridized carbons (Fsp3) is 0.190. The van der Waals surface area contributed by atoms with Crippen LogP contribution in [-0.4, -0.2) is 22.7 Å². The van der Waals surface area contributed by atoms with Gasteiger partial charge in [-0.15, -0.1) is 0 Å². The van der Waals surface area contributed by atoms with Crippen molar-refractivity contribution in [3.05, 3.63) is 83.5 Å². The van der Waals surface area contributed by atoms with Gasteiger partial charge in [0, 0.05) is 19.0 Å². The van der Waals surface area contributed by atoms with Crippen LogP contribution in [0.25, 0.3) is 5.57 Å². The molecule has 0 radical (unpaired) electrons. The number of pyridine rings is 1. The number of aliphatic hydroxyl groups is 1. The number of aliphatic imine (C=N–C) groups is 1. The van der Waals surface area contributed by atoms with Gasteiger partial charge in [-0.1, -0.05) is 36.4 Å². The van der Waals surface area contributed by atoms with Gasteiger partial charge in [-0.25, -0.2) is 4.99 Å². The summed E-state index contributed by atoms with van der Waals surface area (Å²) in [6.45, 7) is 1.94. The molecule has 1 aromatic heterocycles. The van der Waals surface area contributed by atoms with Crippen molar-refractivity contribution in [1.82, 2.24) is 15.6 Å². The molecule has 0 amide bonds. The van der Waals surface area contributed by atoms with Gasteiger partial charge in [0.25, 0.3) is 0 Å². The highest BCUT2D eigenvalue weighted by Crippen LogP contribution is 2.24. The number of hydrogen-bond donors (Lipinski definition) is 3. The summed E-state index contributed by atoms with van der Waals surface area (Å²) >= 11 is 0. The molecule has 6 nitrogen and oxygen atoms in total. The van der Waals surface area contributed by atoms with Gasteiger partial charge in [-0.05, 0) is 36.6 Å². The molecule has 3 N–H and O–H groups in total. The Hall–Kier alpha value is -3.43. The van der Waals surface area contributed by atoms with Crippen LogP contribution >= 0.6 is 0 Å². The maximum atomic E-state index is 9.67. The van der Waals surface area contributed by atoms with E-state index >= 15 is 0 Å². The third kappa shape index (κ3) is 4.40. The Kier molecular flexibility index (Phi) is 5.98. The zero-order valence-corrected chi connectivity index (χ0v) is 15.1. The second-order valence-electron chi connectivity index (χ2n) is 6.09. The Balaban J connectivity index is 1.96. The fourth-order valence-electron chi connectivity index (χ4n) is 2.84. The molecule has 3 rings (SSSR count). The maximum Gasteiger partial charge on any atom is 0.200 e. The van der Waals surface area contributed by atoms with E-state index in [4.69, 9.17) is 4.99 Å². The van der Waals surface area contributed by atoms with E-state index in [0.29, 0.717) is 29.3 Å². The van der Waals surface area contributed by atoms with Crippen molar-refractivity contribution in [1.29, 1.82) is 5.26 Å². The molecular formula is C21H21N5O.